The van der Waals surface area contributed by atoms with Crippen molar-refractivity contribution in [1.29, 1.82) is 0 Å². The SMILES string of the molecule is C=C/C=C(\O[Si](C)(C)C)c1ccccc1. The van der Waals surface area contributed by atoms with Crippen molar-refractivity contribution in [3.05, 3.63) is 54.6 Å². The average molecular weight is 218 g/mol. The highest BCUT2D eigenvalue weighted by atomic mass is 28.4. The van der Waals surface area contributed by atoms with E-state index in [9.17, 15) is 0 Å². The highest BCUT2D eigenvalue weighted by molar-refractivity contribution is 6.70. The van der Waals surface area contributed by atoms with Gasteiger partial charge in [-0.05, 0) is 25.7 Å². The Hall–Kier alpha value is -1.28. The summed E-state index contributed by atoms with van der Waals surface area (Å²) in [5.41, 5.74) is 1.11. The molecule has 0 saturated heterocycles. The van der Waals surface area contributed by atoms with Crippen LogP contribution in [0.5, 0.6) is 0 Å². The second kappa shape index (κ2) is 4.98. The van der Waals surface area contributed by atoms with Gasteiger partial charge in [-0.3, -0.25) is 0 Å². The molecule has 0 aliphatic carbocycles. The zero-order valence-electron chi connectivity index (χ0n) is 9.66. The van der Waals surface area contributed by atoms with Crippen molar-refractivity contribution in [1.82, 2.24) is 0 Å². The summed E-state index contributed by atoms with van der Waals surface area (Å²) in [6.45, 7) is 10.2. The molecule has 0 aliphatic rings. The van der Waals surface area contributed by atoms with Crippen molar-refractivity contribution in [2.75, 3.05) is 0 Å². The van der Waals surface area contributed by atoms with Crippen LogP contribution in [0.4, 0.5) is 0 Å². The lowest BCUT2D eigenvalue weighted by atomic mass is 10.2. The number of benzene rings is 1. The van der Waals surface area contributed by atoms with Gasteiger partial charge in [0.15, 0.2) is 0 Å². The minimum Gasteiger partial charge on any atom is -0.544 e. The summed E-state index contributed by atoms with van der Waals surface area (Å²) < 4.78 is 5.99. The van der Waals surface area contributed by atoms with Crippen molar-refractivity contribution in [2.45, 2.75) is 19.6 Å². The number of allylic oxidation sites excluding steroid dienone is 2. The summed E-state index contributed by atoms with van der Waals surface area (Å²) in [6.07, 6.45) is 3.69. The van der Waals surface area contributed by atoms with E-state index in [-0.39, 0.29) is 0 Å². The summed E-state index contributed by atoms with van der Waals surface area (Å²) in [6, 6.07) is 10.1. The van der Waals surface area contributed by atoms with E-state index in [0.29, 0.717) is 0 Å². The molecule has 1 aromatic carbocycles. The van der Waals surface area contributed by atoms with Crippen LogP contribution >= 0.6 is 0 Å². The van der Waals surface area contributed by atoms with E-state index in [1.165, 1.54) is 0 Å². The Morgan fingerprint density at radius 1 is 1.20 bits per heavy atom. The summed E-state index contributed by atoms with van der Waals surface area (Å²) in [5, 5.41) is 0. The first kappa shape index (κ1) is 11.8. The fraction of sp³-hybridized carbons (Fsp3) is 0.231. The molecule has 0 saturated carbocycles. The van der Waals surface area contributed by atoms with Gasteiger partial charge in [-0.15, -0.1) is 0 Å². The highest BCUT2D eigenvalue weighted by Crippen LogP contribution is 2.20. The van der Waals surface area contributed by atoms with Crippen LogP contribution in [0.3, 0.4) is 0 Å². The topological polar surface area (TPSA) is 9.23 Å². The van der Waals surface area contributed by atoms with Gasteiger partial charge in [0, 0.05) is 5.56 Å². The van der Waals surface area contributed by atoms with Crippen molar-refractivity contribution in [2.24, 2.45) is 0 Å². The van der Waals surface area contributed by atoms with Crippen molar-refractivity contribution < 1.29 is 4.43 Å². The predicted molar refractivity (Wildman–Crippen MR) is 69.0 cm³/mol. The van der Waals surface area contributed by atoms with Gasteiger partial charge < -0.3 is 4.43 Å². The Bertz CT molecular complexity index is 347. The lowest BCUT2D eigenvalue weighted by Gasteiger charge is -2.21. The van der Waals surface area contributed by atoms with Crippen LogP contribution in [-0.2, 0) is 4.43 Å². The molecule has 2 heteroatoms. The van der Waals surface area contributed by atoms with Crippen molar-refractivity contribution in [3.63, 3.8) is 0 Å². The molecule has 0 atom stereocenters. The van der Waals surface area contributed by atoms with Crippen LogP contribution in [0.25, 0.3) is 5.76 Å². The van der Waals surface area contributed by atoms with Crippen LogP contribution in [0.15, 0.2) is 49.1 Å². The maximum Gasteiger partial charge on any atom is 0.242 e. The van der Waals surface area contributed by atoms with E-state index in [0.717, 1.165) is 11.3 Å². The van der Waals surface area contributed by atoms with Gasteiger partial charge in [-0.25, -0.2) is 0 Å². The van der Waals surface area contributed by atoms with Gasteiger partial charge in [0.25, 0.3) is 0 Å². The molecule has 0 aromatic heterocycles. The molecular weight excluding hydrogens is 200 g/mol. The van der Waals surface area contributed by atoms with Crippen LogP contribution in [0.1, 0.15) is 5.56 Å². The molecule has 0 N–H and O–H groups in total. The monoisotopic (exact) mass is 218 g/mol. The average Bonchev–Trinajstić information content (AvgIpc) is 2.17. The molecule has 1 aromatic rings. The minimum absolute atomic E-state index is 0.921. The molecule has 0 unspecified atom stereocenters. The number of hydrogen-bond donors (Lipinski definition) is 0. The van der Waals surface area contributed by atoms with Crippen LogP contribution < -0.4 is 0 Å². The van der Waals surface area contributed by atoms with Crippen molar-refractivity contribution >= 4 is 14.1 Å². The second-order valence-corrected chi connectivity index (χ2v) is 8.78. The van der Waals surface area contributed by atoms with E-state index in [4.69, 9.17) is 4.43 Å². The molecule has 0 amide bonds. The largest absolute Gasteiger partial charge is 0.544 e. The fourth-order valence-corrected chi connectivity index (χ4v) is 2.07. The minimum atomic E-state index is -1.56. The first-order chi connectivity index (χ1) is 7.03. The van der Waals surface area contributed by atoms with E-state index in [1.54, 1.807) is 6.08 Å². The van der Waals surface area contributed by atoms with Gasteiger partial charge in [0.05, 0.1) is 0 Å². The third kappa shape index (κ3) is 4.17. The Morgan fingerprint density at radius 3 is 2.27 bits per heavy atom. The van der Waals surface area contributed by atoms with E-state index in [2.05, 4.69) is 38.4 Å². The maximum absolute atomic E-state index is 5.99. The smallest absolute Gasteiger partial charge is 0.242 e. The summed E-state index contributed by atoms with van der Waals surface area (Å²) in [5.74, 6) is 0.921. The van der Waals surface area contributed by atoms with Crippen LogP contribution in [0.2, 0.25) is 19.6 Å². The van der Waals surface area contributed by atoms with E-state index < -0.39 is 8.32 Å². The quantitative estimate of drug-likeness (QED) is 0.420. The normalized spacial score (nSPS) is 12.3. The Labute approximate surface area is 93.2 Å². The first-order valence-corrected chi connectivity index (χ1v) is 8.51. The Balaban J connectivity index is 2.95. The molecule has 15 heavy (non-hydrogen) atoms. The van der Waals surface area contributed by atoms with E-state index >= 15 is 0 Å². The molecule has 0 aliphatic heterocycles. The first-order valence-electron chi connectivity index (χ1n) is 5.10. The molecular formula is C13H18OSi. The third-order valence-electron chi connectivity index (χ3n) is 1.74. The predicted octanol–water partition coefficient (Wildman–Crippen LogP) is 4.07. The number of rotatable bonds is 4. The molecule has 80 valence electrons. The van der Waals surface area contributed by atoms with Gasteiger partial charge >= 0.3 is 0 Å². The molecule has 0 bridgehead atoms. The molecule has 0 radical (unpaired) electrons. The number of hydrogen-bond acceptors (Lipinski definition) is 1. The van der Waals surface area contributed by atoms with Gasteiger partial charge in [-0.1, -0.05) is 43.0 Å². The van der Waals surface area contributed by atoms with Crippen molar-refractivity contribution in [3.8, 4) is 0 Å². The molecule has 0 spiro atoms. The van der Waals surface area contributed by atoms with Crippen LogP contribution in [0, 0.1) is 0 Å². The summed E-state index contributed by atoms with van der Waals surface area (Å²) >= 11 is 0. The zero-order valence-corrected chi connectivity index (χ0v) is 10.7. The Morgan fingerprint density at radius 2 is 1.80 bits per heavy atom. The standard InChI is InChI=1S/C13H18OSi/c1-5-9-13(14-15(2,3)4)12-10-7-6-8-11-12/h5-11H,1H2,2-4H3/b13-9-. The van der Waals surface area contributed by atoms with E-state index in [1.807, 2.05) is 24.3 Å². The van der Waals surface area contributed by atoms with Gasteiger partial charge in [0.2, 0.25) is 8.32 Å². The Kier molecular flexibility index (Phi) is 3.92. The maximum atomic E-state index is 5.99. The highest BCUT2D eigenvalue weighted by Gasteiger charge is 2.17. The van der Waals surface area contributed by atoms with Gasteiger partial charge in [0.1, 0.15) is 5.76 Å². The second-order valence-electron chi connectivity index (χ2n) is 4.35. The molecule has 0 heterocycles. The third-order valence-corrected chi connectivity index (χ3v) is 2.58. The molecule has 1 nitrogen and oxygen atoms in total. The molecule has 0 fully saturated rings. The molecule has 1 rings (SSSR count). The fourth-order valence-electron chi connectivity index (χ4n) is 1.23. The zero-order chi connectivity index (χ0) is 11.3. The van der Waals surface area contributed by atoms with Crippen LogP contribution in [-0.4, -0.2) is 8.32 Å². The lowest BCUT2D eigenvalue weighted by Crippen LogP contribution is -2.24. The lowest BCUT2D eigenvalue weighted by molar-refractivity contribution is 0.514. The van der Waals surface area contributed by atoms with Gasteiger partial charge in [-0.2, -0.15) is 0 Å². The summed E-state index contributed by atoms with van der Waals surface area (Å²) in [7, 11) is -1.56. The summed E-state index contributed by atoms with van der Waals surface area (Å²) in [4.78, 5) is 0.